The summed E-state index contributed by atoms with van der Waals surface area (Å²) in [5.74, 6) is -5.47. The van der Waals surface area contributed by atoms with Crippen LogP contribution in [0.2, 0.25) is 0 Å². The Kier molecular flexibility index (Phi) is 31.1. The maximum absolute atomic E-state index is 15.0. The first-order chi connectivity index (χ1) is 62.9. The molecule has 0 bridgehead atoms. The minimum absolute atomic E-state index is 0.00901. The molecule has 0 radical (unpaired) electrons. The summed E-state index contributed by atoms with van der Waals surface area (Å²) in [4.78, 5) is 178. The monoisotopic (exact) mass is 1810 g/mol. The summed E-state index contributed by atoms with van der Waals surface area (Å²) in [6, 6.07) is 18.9. The zero-order valence-corrected chi connectivity index (χ0v) is 78.9. The van der Waals surface area contributed by atoms with Crippen LogP contribution in [0, 0.1) is 22.2 Å². The third-order valence-electron chi connectivity index (χ3n) is 27.1. The van der Waals surface area contributed by atoms with Gasteiger partial charge < -0.3 is 73.2 Å². The summed E-state index contributed by atoms with van der Waals surface area (Å²) >= 11 is 0. The molecule has 7 aromatic rings. The van der Waals surface area contributed by atoms with Gasteiger partial charge in [-0.25, -0.2) is 14.0 Å². The lowest BCUT2D eigenvalue weighted by atomic mass is 9.85. The highest BCUT2D eigenvalue weighted by molar-refractivity contribution is 6.05. The molecule has 6 aliphatic rings. The average molecular weight is 1810 g/mol. The standard InChI is InChI=1S/C97H133N23O12/c1-16-56(2)83(121)106-80(95(5,6)7)92(130)115-53-68(47-77(115)89(127)103-74-35-23-29-59-26-17-20-32-71(59)74)118-50-65(109-112-118)38-41-100-86(124)62-44-63(87(125)101-42-39-66-51-119(113-110-66)69-48-78(90(128)104-75-36-24-30-60-27-18-21-33-72(60)75)116(54-69)93(131)81(96(8,9)10)107-84(122)57(3)98-14)46-64(45-62)88(126)102-43-40-67-52-120(114-111-67)70-49-79(91(129)105-76-37-25-31-61-28-19-22-34-73(61)76)117(55-70)94(132)82(97(11,12)13)108-85(123)58(4)99-15/h17-22,26-28,32-34,44-46,50-52,56-58,68-70,74-82,98-99H,16,23-25,29-31,35-43,47-49,53-55H2,1-15H3,(H,100,124)(H,101,125)(H,102,126)(H,103,127)(H,104,128)(H,105,129)(H,106,121)(H,107,122)(H,108,123)/t56-,57+,58+,68+,69+,70+,74-,75-,76-,77+,78+,79+,80-,81-,82-/m1/s1. The SMILES string of the molecule is CC[C@@H](C)C(=O)N[C@H](C(=O)N1C[C@@H](n2cc(CCNC(=O)c3cc(C(=O)NCCc4cn([C@H]5C[C@@H](C(=O)N[C@@H]6CCCc7ccccc76)N(C(=O)[C@@H](NC(=O)[C@H](C)NC)C(C)(C)C)C5)nn4)cc(C(=O)NCCc4cn([C@H]5C[C@@H](C(=O)N[C@@H]6CCCc7ccccc76)N(C(=O)[C@@H](NC(=O)[C@H](C)NC)C(C)(C)C)C5)nn4)c3)nn2)C[C@H]1C(=O)N[C@@H]1CCCc2ccccc21)C(C)(C)C. The average Bonchev–Trinajstić information content (AvgIpc) is 1.64. The molecule has 35 nitrogen and oxygen atoms in total. The fraction of sp³-hybridized carbons (Fsp3) is 0.567. The predicted molar refractivity (Wildman–Crippen MR) is 494 cm³/mol. The van der Waals surface area contributed by atoms with Crippen molar-refractivity contribution in [3.8, 4) is 0 Å². The molecule has 0 unspecified atom stereocenters. The summed E-state index contributed by atoms with van der Waals surface area (Å²) in [6.07, 6.45) is 14.2. The zero-order valence-electron chi connectivity index (χ0n) is 78.9. The second-order valence-electron chi connectivity index (χ2n) is 39.8. The van der Waals surface area contributed by atoms with E-state index in [4.69, 9.17) is 0 Å². The van der Waals surface area contributed by atoms with Gasteiger partial charge in [0.05, 0.1) is 65.4 Å². The van der Waals surface area contributed by atoms with E-state index in [9.17, 15) is 43.2 Å². The van der Waals surface area contributed by atoms with E-state index in [1.165, 1.54) is 18.2 Å². The van der Waals surface area contributed by atoms with Crippen molar-refractivity contribution in [2.75, 3.05) is 53.4 Å². The van der Waals surface area contributed by atoms with E-state index in [1.807, 2.05) is 131 Å². The van der Waals surface area contributed by atoms with Gasteiger partial charge in [0.15, 0.2) is 0 Å². The van der Waals surface area contributed by atoms with Gasteiger partial charge >= 0.3 is 0 Å². The molecule has 0 saturated carbocycles. The summed E-state index contributed by atoms with van der Waals surface area (Å²) in [7, 11) is 3.31. The number of amides is 12. The molecule has 0 spiro atoms. The summed E-state index contributed by atoms with van der Waals surface area (Å²) in [5.41, 5.74) is 5.65. The van der Waals surface area contributed by atoms with Crippen LogP contribution in [-0.2, 0) is 81.7 Å². The number of carbonyl (C=O) groups excluding carboxylic acids is 12. The summed E-state index contributed by atoms with van der Waals surface area (Å²) in [5, 5.41) is 60.4. The van der Waals surface area contributed by atoms with Crippen molar-refractivity contribution in [3.05, 3.63) is 177 Å². The van der Waals surface area contributed by atoms with E-state index < -0.39 is 118 Å². The van der Waals surface area contributed by atoms with E-state index in [2.05, 4.69) is 108 Å². The maximum Gasteiger partial charge on any atom is 0.251 e. The van der Waals surface area contributed by atoms with E-state index in [0.29, 0.717) is 23.5 Å². The van der Waals surface area contributed by atoms with Crippen LogP contribution < -0.4 is 58.5 Å². The molecule has 12 amide bonds. The Morgan fingerprint density at radius 3 is 0.955 bits per heavy atom. The molecule has 13 rings (SSSR count). The van der Waals surface area contributed by atoms with Gasteiger partial charge in [0.1, 0.15) is 36.3 Å². The first-order valence-corrected chi connectivity index (χ1v) is 46.9. The number of aromatic nitrogens is 9. The highest BCUT2D eigenvalue weighted by atomic mass is 16.2. The van der Waals surface area contributed by atoms with Crippen molar-refractivity contribution < 1.29 is 57.5 Å². The summed E-state index contributed by atoms with van der Waals surface area (Å²) < 4.78 is 4.87. The van der Waals surface area contributed by atoms with Gasteiger partial charge in [-0.05, 0) is 160 Å². The lowest BCUT2D eigenvalue weighted by molar-refractivity contribution is -0.144. The molecule has 3 aliphatic carbocycles. The largest absolute Gasteiger partial charge is 0.352 e. The Morgan fingerprint density at radius 2 is 0.682 bits per heavy atom. The number of likely N-dealkylation sites (tertiary alicyclic amines) is 3. The third-order valence-corrected chi connectivity index (χ3v) is 27.1. The van der Waals surface area contributed by atoms with Gasteiger partial charge in [-0.15, -0.1) is 15.3 Å². The molecule has 3 saturated heterocycles. The van der Waals surface area contributed by atoms with Gasteiger partial charge in [-0.2, -0.15) is 0 Å². The number of hydrogen-bond donors (Lipinski definition) is 11. The molecule has 3 aliphatic heterocycles. The first-order valence-electron chi connectivity index (χ1n) is 46.9. The van der Waals surface area contributed by atoms with Crippen LogP contribution in [0.1, 0.15) is 272 Å². The number of fused-ring (bicyclic) bond motifs is 3. The van der Waals surface area contributed by atoms with E-state index in [1.54, 1.807) is 75.3 Å². The Labute approximate surface area is 772 Å². The second-order valence-corrected chi connectivity index (χ2v) is 39.8. The van der Waals surface area contributed by atoms with Crippen LogP contribution in [0.15, 0.2) is 110 Å². The first kappa shape index (κ1) is 97.4. The smallest absolute Gasteiger partial charge is 0.251 e. The number of benzene rings is 4. The molecule has 6 heterocycles. The fourth-order valence-corrected chi connectivity index (χ4v) is 18.8. The number of aryl methyl sites for hydroxylation is 3. The van der Waals surface area contributed by atoms with Crippen LogP contribution in [-0.4, -0.2) is 232 Å². The van der Waals surface area contributed by atoms with Gasteiger partial charge in [-0.1, -0.05) is 165 Å². The highest BCUT2D eigenvalue weighted by Crippen LogP contribution is 2.39. The van der Waals surface area contributed by atoms with Crippen molar-refractivity contribution in [2.45, 2.75) is 277 Å². The Hall–Kier alpha value is -12.1. The van der Waals surface area contributed by atoms with Crippen LogP contribution in [0.25, 0.3) is 0 Å². The minimum atomic E-state index is -1.00. The molecule has 132 heavy (non-hydrogen) atoms. The van der Waals surface area contributed by atoms with Crippen molar-refractivity contribution in [3.63, 3.8) is 0 Å². The van der Waals surface area contributed by atoms with Crippen LogP contribution in [0.4, 0.5) is 0 Å². The molecular weight excluding hydrogens is 1680 g/mol. The van der Waals surface area contributed by atoms with Crippen LogP contribution >= 0.6 is 0 Å². The maximum atomic E-state index is 15.0. The highest BCUT2D eigenvalue weighted by Gasteiger charge is 2.51. The van der Waals surface area contributed by atoms with Crippen LogP contribution in [0.3, 0.4) is 0 Å². The zero-order chi connectivity index (χ0) is 94.8. The Bertz CT molecular complexity index is 4840. The van der Waals surface area contributed by atoms with Crippen molar-refractivity contribution >= 4 is 70.9 Å². The molecule has 15 atom stereocenters. The van der Waals surface area contributed by atoms with Gasteiger partial charge in [0.25, 0.3) is 17.7 Å². The third kappa shape index (κ3) is 23.1. The molecular formula is C97H133N23O12. The lowest BCUT2D eigenvalue weighted by Gasteiger charge is -2.36. The van der Waals surface area contributed by atoms with E-state index in [-0.39, 0.29) is 154 Å². The van der Waals surface area contributed by atoms with Crippen molar-refractivity contribution in [2.24, 2.45) is 22.2 Å². The van der Waals surface area contributed by atoms with E-state index in [0.717, 1.165) is 91.2 Å². The van der Waals surface area contributed by atoms with Gasteiger partial charge in [0.2, 0.25) is 53.2 Å². The number of hydrogen-bond acceptors (Lipinski definition) is 20. The molecule has 3 aromatic heterocycles. The number of nitrogens with one attached hydrogen (secondary N) is 11. The quantitative estimate of drug-likeness (QED) is 0.0217. The van der Waals surface area contributed by atoms with Crippen molar-refractivity contribution in [1.82, 2.24) is 118 Å². The molecule has 35 heteroatoms. The van der Waals surface area contributed by atoms with Crippen molar-refractivity contribution in [1.29, 1.82) is 0 Å². The summed E-state index contributed by atoms with van der Waals surface area (Å²) in [6.45, 7) is 24.2. The number of rotatable bonds is 33. The van der Waals surface area contributed by atoms with Gasteiger partial charge in [0, 0.05) is 119 Å². The minimum Gasteiger partial charge on any atom is -0.352 e. The molecule has 708 valence electrons. The molecule has 3 fully saturated rings. The number of carbonyl (C=O) groups is 12. The molecule has 11 N–H and O–H groups in total. The van der Waals surface area contributed by atoms with E-state index >= 15 is 14.4 Å². The second kappa shape index (κ2) is 42.2. The van der Waals surface area contributed by atoms with Gasteiger partial charge in [-0.3, -0.25) is 57.5 Å². The Balaban J connectivity index is 0.713. The fourth-order valence-electron chi connectivity index (χ4n) is 18.8. The number of nitrogens with zero attached hydrogens (tertiary/aromatic N) is 12. The molecule has 4 aromatic carbocycles. The lowest BCUT2D eigenvalue weighted by Crippen LogP contribution is -2.59. The topological polar surface area (TPSA) is 439 Å². The predicted octanol–water partition coefficient (Wildman–Crippen LogP) is 6.24. The van der Waals surface area contributed by atoms with Crippen LogP contribution in [0.5, 0.6) is 0 Å². The Morgan fingerprint density at radius 1 is 0.402 bits per heavy atom. The normalized spacial score (nSPS) is 21.5. The number of likely N-dealkylation sites (N-methyl/N-ethyl adjacent to an activating group) is 2.